The summed E-state index contributed by atoms with van der Waals surface area (Å²) < 4.78 is 26.7. The Labute approximate surface area is 325 Å². The fourth-order valence-corrected chi connectivity index (χ4v) is 5.85. The molecule has 0 spiro atoms. The molecule has 0 aliphatic carbocycles. The van der Waals surface area contributed by atoms with Crippen LogP contribution in [0.5, 0.6) is 0 Å². The number of ether oxygens (including phenoxy) is 2. The van der Waals surface area contributed by atoms with Crippen molar-refractivity contribution in [3.63, 3.8) is 0 Å². The molecule has 8 heteroatoms. The Morgan fingerprint density at radius 3 is 1.38 bits per heavy atom. The molecule has 0 aromatic carbocycles. The average Bonchev–Trinajstić information content (AvgIpc) is 3.13. The Bertz CT molecular complexity index is 1070. The van der Waals surface area contributed by atoms with Gasteiger partial charge in [0.25, 0.3) is 0 Å². The fraction of sp³-hybridized carbons (Fsp3) is 0.667. The molecule has 0 amide bonds. The highest BCUT2D eigenvalue weighted by molar-refractivity contribution is 7.46. The lowest BCUT2D eigenvalue weighted by Crippen LogP contribution is -2.27. The second-order valence-electron chi connectivity index (χ2n) is 13.6. The molecule has 0 aromatic heterocycles. The number of esters is 1. The van der Waals surface area contributed by atoms with Crippen molar-refractivity contribution in [2.75, 3.05) is 13.2 Å². The minimum absolute atomic E-state index is 0.0406. The van der Waals surface area contributed by atoms with Crippen LogP contribution in [0.15, 0.2) is 85.3 Å². The van der Waals surface area contributed by atoms with E-state index in [1.807, 2.05) is 18.2 Å². The average molecular weight is 761 g/mol. The largest absolute Gasteiger partial charge is 0.498 e. The molecule has 1 atom stereocenters. The molecule has 0 radical (unpaired) electrons. The van der Waals surface area contributed by atoms with E-state index in [2.05, 4.69) is 79.1 Å². The van der Waals surface area contributed by atoms with E-state index in [0.717, 1.165) is 51.4 Å². The van der Waals surface area contributed by atoms with E-state index < -0.39 is 26.5 Å². The summed E-state index contributed by atoms with van der Waals surface area (Å²) in [6.07, 6.45) is 56.8. The van der Waals surface area contributed by atoms with E-state index in [9.17, 15) is 9.36 Å². The highest BCUT2D eigenvalue weighted by atomic mass is 31.2. The molecule has 0 aliphatic heterocycles. The van der Waals surface area contributed by atoms with Crippen LogP contribution in [0.4, 0.5) is 0 Å². The smallest absolute Gasteiger partial charge is 0.469 e. The second kappa shape index (κ2) is 40.7. The molecule has 0 fully saturated rings. The zero-order valence-corrected chi connectivity index (χ0v) is 34.5. The number of hydrogen-bond donors (Lipinski definition) is 2. The molecule has 53 heavy (non-hydrogen) atoms. The number of rotatable bonds is 38. The minimum atomic E-state index is -4.69. The lowest BCUT2D eigenvalue weighted by atomic mass is 10.0. The molecule has 7 nitrogen and oxygen atoms in total. The van der Waals surface area contributed by atoms with Gasteiger partial charge in [-0.1, -0.05) is 183 Å². The Morgan fingerprint density at radius 1 is 0.528 bits per heavy atom. The third-order valence-corrected chi connectivity index (χ3v) is 9.02. The van der Waals surface area contributed by atoms with Gasteiger partial charge >= 0.3 is 13.8 Å². The second-order valence-corrected chi connectivity index (χ2v) is 14.9. The van der Waals surface area contributed by atoms with Gasteiger partial charge in [-0.3, -0.25) is 9.32 Å². The van der Waals surface area contributed by atoms with Crippen molar-refractivity contribution in [1.29, 1.82) is 0 Å². The summed E-state index contributed by atoms with van der Waals surface area (Å²) in [6.45, 7) is 3.93. The van der Waals surface area contributed by atoms with Gasteiger partial charge in [0.05, 0.1) is 12.9 Å². The monoisotopic (exact) mass is 761 g/mol. The van der Waals surface area contributed by atoms with Crippen molar-refractivity contribution >= 4 is 13.8 Å². The molecule has 2 N–H and O–H groups in total. The quantitative estimate of drug-likeness (QED) is 0.0212. The normalized spacial score (nSPS) is 13.4. The molecule has 0 aliphatic rings. The number of phosphoric ester groups is 1. The Hall–Kier alpha value is -2.44. The molecule has 0 rings (SSSR count). The van der Waals surface area contributed by atoms with Gasteiger partial charge in [-0.2, -0.15) is 0 Å². The van der Waals surface area contributed by atoms with E-state index >= 15 is 0 Å². The molecule has 0 bridgehead atoms. The summed E-state index contributed by atoms with van der Waals surface area (Å²) in [5.41, 5.74) is 0. The molecule has 0 saturated carbocycles. The number of carbonyl (C=O) groups is 1. The molecule has 0 saturated heterocycles. The molecular weight excluding hydrogens is 683 g/mol. The predicted octanol–water partition coefficient (Wildman–Crippen LogP) is 13.7. The number of hydrogen-bond acceptors (Lipinski definition) is 5. The van der Waals surface area contributed by atoms with E-state index in [4.69, 9.17) is 19.3 Å². The first-order valence-corrected chi connectivity index (χ1v) is 22.5. The van der Waals surface area contributed by atoms with E-state index in [1.54, 1.807) is 6.26 Å². The SMILES string of the molecule is CC/C=C\C/C=C\C/C=C\C/C=C\C/C=C\C/C=C\CCC(=O)O[C@H](CO/C=C\CCCCCCCCCCCCCCCCCC)COP(=O)(O)O. The van der Waals surface area contributed by atoms with Gasteiger partial charge in [-0.25, -0.2) is 4.57 Å². The maximum Gasteiger partial charge on any atom is 0.469 e. The zero-order chi connectivity index (χ0) is 38.8. The molecule has 304 valence electrons. The summed E-state index contributed by atoms with van der Waals surface area (Å²) in [5.74, 6) is -0.468. The van der Waals surface area contributed by atoms with Gasteiger partial charge in [0.15, 0.2) is 6.10 Å². The van der Waals surface area contributed by atoms with Crippen molar-refractivity contribution in [3.8, 4) is 0 Å². The summed E-state index contributed by atoms with van der Waals surface area (Å²) in [7, 11) is -4.69. The van der Waals surface area contributed by atoms with Crippen LogP contribution in [0.2, 0.25) is 0 Å². The fourth-order valence-electron chi connectivity index (χ4n) is 5.49. The molecule has 0 heterocycles. The zero-order valence-electron chi connectivity index (χ0n) is 33.6. The van der Waals surface area contributed by atoms with Crippen molar-refractivity contribution < 1.29 is 33.1 Å². The minimum Gasteiger partial charge on any atom is -0.498 e. The van der Waals surface area contributed by atoms with Crippen LogP contribution >= 0.6 is 7.82 Å². The van der Waals surface area contributed by atoms with Crippen LogP contribution in [0.3, 0.4) is 0 Å². The lowest BCUT2D eigenvalue weighted by Gasteiger charge is -2.17. The maximum absolute atomic E-state index is 12.4. The van der Waals surface area contributed by atoms with Crippen LogP contribution in [0, 0.1) is 0 Å². The van der Waals surface area contributed by atoms with Gasteiger partial charge in [-0.05, 0) is 63.9 Å². The van der Waals surface area contributed by atoms with E-state index in [1.165, 1.54) is 96.3 Å². The van der Waals surface area contributed by atoms with Crippen LogP contribution in [0.1, 0.15) is 174 Å². The topological polar surface area (TPSA) is 102 Å². The van der Waals surface area contributed by atoms with Gasteiger partial charge in [-0.15, -0.1) is 0 Å². The first kappa shape index (κ1) is 50.6. The third kappa shape index (κ3) is 43.9. The number of allylic oxidation sites excluding steroid dienone is 13. The van der Waals surface area contributed by atoms with Gasteiger partial charge in [0.1, 0.15) is 6.61 Å². The van der Waals surface area contributed by atoms with Gasteiger partial charge in [0.2, 0.25) is 0 Å². The Kier molecular flexibility index (Phi) is 38.9. The number of phosphoric acid groups is 1. The van der Waals surface area contributed by atoms with Gasteiger partial charge in [0, 0.05) is 6.42 Å². The molecule has 0 unspecified atom stereocenters. The van der Waals surface area contributed by atoms with Gasteiger partial charge < -0.3 is 19.3 Å². The van der Waals surface area contributed by atoms with Crippen molar-refractivity contribution in [1.82, 2.24) is 0 Å². The predicted molar refractivity (Wildman–Crippen MR) is 225 cm³/mol. The van der Waals surface area contributed by atoms with Crippen molar-refractivity contribution in [2.45, 2.75) is 180 Å². The standard InChI is InChI=1S/C45H77O7P/c1-3-5-7-9-11-13-15-17-19-21-23-24-26-28-30-32-34-36-38-40-45(46)52-44(43-51-53(47,48)49)42-50-41-39-37-35-33-31-29-27-25-22-20-18-16-14-12-10-8-6-4-2/h5,7,11,13,17,19,23-24,28,30,34,36,39,41,44H,3-4,6,8-10,12,14-16,18,20-22,25-27,29,31-33,35,37-38,40,42-43H2,1-2H3,(H2,47,48,49)/b7-5-,13-11-,19-17-,24-23-,30-28-,36-34-,41-39-/t44-/m1/s1. The van der Waals surface area contributed by atoms with Crippen molar-refractivity contribution in [2.24, 2.45) is 0 Å². The highest BCUT2D eigenvalue weighted by Gasteiger charge is 2.21. The summed E-state index contributed by atoms with van der Waals surface area (Å²) in [4.78, 5) is 30.5. The highest BCUT2D eigenvalue weighted by Crippen LogP contribution is 2.35. The first-order valence-electron chi connectivity index (χ1n) is 20.9. The molecule has 0 aromatic rings. The van der Waals surface area contributed by atoms with Crippen LogP contribution < -0.4 is 0 Å². The lowest BCUT2D eigenvalue weighted by molar-refractivity contribution is -0.153. The maximum atomic E-state index is 12.4. The summed E-state index contributed by atoms with van der Waals surface area (Å²) in [5, 5.41) is 0. The van der Waals surface area contributed by atoms with E-state index in [0.29, 0.717) is 6.42 Å². The summed E-state index contributed by atoms with van der Waals surface area (Å²) >= 11 is 0. The van der Waals surface area contributed by atoms with E-state index in [-0.39, 0.29) is 13.0 Å². The molecular formula is C45H77O7P. The Balaban J connectivity index is 3.99. The van der Waals surface area contributed by atoms with Crippen LogP contribution in [-0.4, -0.2) is 35.1 Å². The Morgan fingerprint density at radius 2 is 0.943 bits per heavy atom. The van der Waals surface area contributed by atoms with Crippen LogP contribution in [-0.2, 0) is 23.4 Å². The number of unbranched alkanes of at least 4 members (excludes halogenated alkanes) is 16. The first-order chi connectivity index (χ1) is 25.9. The van der Waals surface area contributed by atoms with Crippen molar-refractivity contribution in [3.05, 3.63) is 85.3 Å². The van der Waals surface area contributed by atoms with Crippen LogP contribution in [0.25, 0.3) is 0 Å². The summed E-state index contributed by atoms with van der Waals surface area (Å²) in [6, 6.07) is 0. The third-order valence-electron chi connectivity index (χ3n) is 8.54. The number of carbonyl (C=O) groups excluding carboxylic acids is 1.